The summed E-state index contributed by atoms with van der Waals surface area (Å²) in [5.41, 5.74) is 0. The van der Waals surface area contributed by atoms with Crippen LogP contribution in [0.4, 0.5) is 0 Å². The molecule has 0 aromatic carbocycles. The number of carbonyl (C=O) groups excluding carboxylic acids is 1. The highest BCUT2D eigenvalue weighted by Gasteiger charge is 2.27. The number of amides is 1. The van der Waals surface area contributed by atoms with Crippen LogP contribution in [0.5, 0.6) is 0 Å². The molecule has 1 aliphatic heterocycles. The van der Waals surface area contributed by atoms with Crippen molar-refractivity contribution in [3.8, 4) is 0 Å². The average Bonchev–Trinajstić information content (AvgIpc) is 2.17. The third kappa shape index (κ3) is 2.96. The molecule has 1 rings (SSSR count). The molecule has 0 bridgehead atoms. The first-order chi connectivity index (χ1) is 6.67. The van der Waals surface area contributed by atoms with Crippen LogP contribution in [0.1, 0.15) is 26.7 Å². The van der Waals surface area contributed by atoms with Crippen LogP contribution in [-0.4, -0.2) is 47.8 Å². The van der Waals surface area contributed by atoms with E-state index in [4.69, 9.17) is 9.84 Å². The van der Waals surface area contributed by atoms with Crippen molar-refractivity contribution >= 4 is 5.91 Å². The first-order valence-corrected chi connectivity index (χ1v) is 5.21. The highest BCUT2D eigenvalue weighted by Crippen LogP contribution is 2.12. The van der Waals surface area contributed by atoms with Crippen LogP contribution in [-0.2, 0) is 9.53 Å². The van der Waals surface area contributed by atoms with Gasteiger partial charge in [0.2, 0.25) is 5.91 Å². The van der Waals surface area contributed by atoms with Gasteiger partial charge in [-0.15, -0.1) is 0 Å². The summed E-state index contributed by atoms with van der Waals surface area (Å²) in [6.07, 6.45) is 1.28. The number of hydrogen-bond acceptors (Lipinski definition) is 3. The fourth-order valence-electron chi connectivity index (χ4n) is 1.72. The lowest BCUT2D eigenvalue weighted by Gasteiger charge is -2.36. The topological polar surface area (TPSA) is 49.8 Å². The molecule has 1 aliphatic rings. The Balaban J connectivity index is 2.48. The average molecular weight is 201 g/mol. The van der Waals surface area contributed by atoms with Crippen molar-refractivity contribution in [1.82, 2.24) is 4.90 Å². The maximum absolute atomic E-state index is 11.6. The van der Waals surface area contributed by atoms with Crippen LogP contribution in [0.3, 0.4) is 0 Å². The molecule has 1 N–H and O–H groups in total. The zero-order valence-electron chi connectivity index (χ0n) is 8.90. The Morgan fingerprint density at radius 3 is 2.86 bits per heavy atom. The third-order valence-electron chi connectivity index (χ3n) is 2.35. The molecule has 2 unspecified atom stereocenters. The second kappa shape index (κ2) is 5.32. The normalized spacial score (nSPS) is 27.8. The first-order valence-electron chi connectivity index (χ1n) is 5.21. The molecule has 0 aromatic rings. The predicted octanol–water partition coefficient (Wildman–Crippen LogP) is 0.395. The number of hydrogen-bond donors (Lipinski definition) is 1. The van der Waals surface area contributed by atoms with Gasteiger partial charge in [0.15, 0.2) is 0 Å². The van der Waals surface area contributed by atoms with Crippen LogP contribution in [0, 0.1) is 0 Å². The molecule has 1 heterocycles. The molecule has 0 spiro atoms. The fraction of sp³-hybridized carbons (Fsp3) is 0.900. The van der Waals surface area contributed by atoms with Gasteiger partial charge < -0.3 is 14.7 Å². The van der Waals surface area contributed by atoms with Crippen molar-refractivity contribution < 1.29 is 14.6 Å². The van der Waals surface area contributed by atoms with E-state index in [0.717, 1.165) is 6.42 Å². The lowest BCUT2D eigenvalue weighted by molar-refractivity contribution is -0.147. The van der Waals surface area contributed by atoms with Crippen molar-refractivity contribution in [3.63, 3.8) is 0 Å². The summed E-state index contributed by atoms with van der Waals surface area (Å²) in [6, 6.07) is 0. The van der Waals surface area contributed by atoms with Crippen LogP contribution < -0.4 is 0 Å². The molecular formula is C10H19NO3. The number of rotatable bonds is 3. The van der Waals surface area contributed by atoms with Crippen molar-refractivity contribution in [2.45, 2.75) is 38.9 Å². The van der Waals surface area contributed by atoms with Crippen LogP contribution >= 0.6 is 0 Å². The van der Waals surface area contributed by atoms with Crippen molar-refractivity contribution in [2.24, 2.45) is 0 Å². The van der Waals surface area contributed by atoms with Gasteiger partial charge in [0.25, 0.3) is 0 Å². The Morgan fingerprint density at radius 2 is 2.29 bits per heavy atom. The Morgan fingerprint density at radius 1 is 1.57 bits per heavy atom. The molecule has 0 aliphatic carbocycles. The highest BCUT2D eigenvalue weighted by molar-refractivity contribution is 5.76. The molecule has 1 saturated heterocycles. The van der Waals surface area contributed by atoms with E-state index in [1.54, 1.807) is 4.90 Å². The van der Waals surface area contributed by atoms with Gasteiger partial charge in [-0.3, -0.25) is 4.79 Å². The Labute approximate surface area is 84.8 Å². The highest BCUT2D eigenvalue weighted by atomic mass is 16.5. The van der Waals surface area contributed by atoms with Gasteiger partial charge in [-0.1, -0.05) is 6.92 Å². The zero-order valence-corrected chi connectivity index (χ0v) is 8.90. The van der Waals surface area contributed by atoms with E-state index < -0.39 is 0 Å². The molecule has 2 atom stereocenters. The van der Waals surface area contributed by atoms with E-state index in [0.29, 0.717) is 19.5 Å². The third-order valence-corrected chi connectivity index (χ3v) is 2.35. The van der Waals surface area contributed by atoms with Gasteiger partial charge in [0.1, 0.15) is 0 Å². The number of nitrogens with zero attached hydrogens (tertiary/aromatic N) is 1. The fourth-order valence-corrected chi connectivity index (χ4v) is 1.72. The number of aliphatic hydroxyl groups is 1. The first kappa shape index (κ1) is 11.5. The Kier molecular flexibility index (Phi) is 4.35. The quantitative estimate of drug-likeness (QED) is 0.719. The van der Waals surface area contributed by atoms with Crippen LogP contribution in [0.25, 0.3) is 0 Å². The van der Waals surface area contributed by atoms with E-state index in [9.17, 15) is 4.79 Å². The summed E-state index contributed by atoms with van der Waals surface area (Å²) in [5, 5.41) is 8.98. The minimum atomic E-state index is -0.209. The number of carbonyl (C=O) groups is 1. The minimum Gasteiger partial charge on any atom is -0.394 e. The van der Waals surface area contributed by atoms with E-state index in [1.165, 1.54) is 0 Å². The second-order valence-corrected chi connectivity index (χ2v) is 3.80. The molecule has 14 heavy (non-hydrogen) atoms. The van der Waals surface area contributed by atoms with Gasteiger partial charge in [0, 0.05) is 19.5 Å². The second-order valence-electron chi connectivity index (χ2n) is 3.80. The molecule has 0 aromatic heterocycles. The van der Waals surface area contributed by atoms with Gasteiger partial charge in [0.05, 0.1) is 18.8 Å². The van der Waals surface area contributed by atoms with E-state index in [1.807, 2.05) is 13.8 Å². The summed E-state index contributed by atoms with van der Waals surface area (Å²) in [5.74, 6) is 0.168. The summed E-state index contributed by atoms with van der Waals surface area (Å²) in [4.78, 5) is 13.4. The Bertz CT molecular complexity index is 196. The zero-order chi connectivity index (χ0) is 10.6. The maximum atomic E-state index is 11.6. The van der Waals surface area contributed by atoms with E-state index in [-0.39, 0.29) is 24.7 Å². The number of ether oxygens (including phenoxy) is 1. The molecular weight excluding hydrogens is 182 g/mol. The molecule has 0 radical (unpaired) electrons. The van der Waals surface area contributed by atoms with Crippen molar-refractivity contribution in [1.29, 1.82) is 0 Å². The summed E-state index contributed by atoms with van der Waals surface area (Å²) in [7, 11) is 0. The molecule has 1 fully saturated rings. The lowest BCUT2D eigenvalue weighted by Crippen LogP contribution is -2.50. The minimum absolute atomic E-state index is 0.0136. The Hall–Kier alpha value is -0.610. The van der Waals surface area contributed by atoms with Crippen molar-refractivity contribution in [2.75, 3.05) is 19.7 Å². The number of morpholine rings is 1. The van der Waals surface area contributed by atoms with Gasteiger partial charge in [-0.2, -0.15) is 0 Å². The van der Waals surface area contributed by atoms with Gasteiger partial charge in [-0.25, -0.2) is 0 Å². The van der Waals surface area contributed by atoms with Crippen LogP contribution in [0.2, 0.25) is 0 Å². The molecule has 82 valence electrons. The molecule has 0 saturated carbocycles. The number of aliphatic hydroxyl groups excluding tert-OH is 1. The summed E-state index contributed by atoms with van der Waals surface area (Å²) >= 11 is 0. The van der Waals surface area contributed by atoms with Gasteiger partial charge in [-0.05, 0) is 13.3 Å². The predicted molar refractivity (Wildman–Crippen MR) is 52.9 cm³/mol. The van der Waals surface area contributed by atoms with E-state index in [2.05, 4.69) is 0 Å². The monoisotopic (exact) mass is 201 g/mol. The van der Waals surface area contributed by atoms with E-state index >= 15 is 0 Å². The van der Waals surface area contributed by atoms with Crippen molar-refractivity contribution in [3.05, 3.63) is 0 Å². The van der Waals surface area contributed by atoms with Crippen LogP contribution in [0.15, 0.2) is 0 Å². The lowest BCUT2D eigenvalue weighted by atomic mass is 10.2. The molecule has 1 amide bonds. The SMILES string of the molecule is CCCC(=O)N1CC(C)OC(CO)C1. The summed E-state index contributed by atoms with van der Waals surface area (Å²) in [6.45, 7) is 5.08. The van der Waals surface area contributed by atoms with Gasteiger partial charge >= 0.3 is 0 Å². The molecule has 4 heteroatoms. The smallest absolute Gasteiger partial charge is 0.222 e. The molecule has 4 nitrogen and oxygen atoms in total. The standard InChI is InChI=1S/C10H19NO3/c1-3-4-10(13)11-5-8(2)14-9(6-11)7-12/h8-9,12H,3-7H2,1-2H3. The maximum Gasteiger partial charge on any atom is 0.222 e. The largest absolute Gasteiger partial charge is 0.394 e. The summed E-state index contributed by atoms with van der Waals surface area (Å²) < 4.78 is 5.45.